The van der Waals surface area contributed by atoms with Crippen LogP contribution in [-0.4, -0.2) is 31.1 Å². The van der Waals surface area contributed by atoms with Crippen LogP contribution in [0.5, 0.6) is 0 Å². The molecule has 1 aliphatic carbocycles. The van der Waals surface area contributed by atoms with E-state index in [9.17, 15) is 9.59 Å². The lowest BCUT2D eigenvalue weighted by Gasteiger charge is -2.33. The Morgan fingerprint density at radius 2 is 1.88 bits per heavy atom. The molecule has 2 unspecified atom stereocenters. The molecule has 92 valence electrons. The summed E-state index contributed by atoms with van der Waals surface area (Å²) < 4.78 is 0. The van der Waals surface area contributed by atoms with Crippen LogP contribution < -0.4 is 16.0 Å². The van der Waals surface area contributed by atoms with Crippen LogP contribution in [0.25, 0.3) is 0 Å². The number of carbonyl (C=O) groups excluding carboxylic acids is 2. The van der Waals surface area contributed by atoms with Crippen molar-refractivity contribution in [2.24, 2.45) is 5.92 Å². The van der Waals surface area contributed by atoms with E-state index < -0.39 is 6.03 Å². The van der Waals surface area contributed by atoms with Gasteiger partial charge in [-0.05, 0) is 32.6 Å². The minimum Gasteiger partial charge on any atom is -0.341 e. The molecule has 5 heteroatoms. The van der Waals surface area contributed by atoms with Crippen molar-refractivity contribution in [1.29, 1.82) is 0 Å². The third kappa shape index (κ3) is 3.48. The van der Waals surface area contributed by atoms with Gasteiger partial charge in [-0.1, -0.05) is 6.42 Å². The molecule has 0 bridgehead atoms. The highest BCUT2D eigenvalue weighted by Crippen LogP contribution is 2.29. The van der Waals surface area contributed by atoms with E-state index in [0.717, 1.165) is 0 Å². The van der Waals surface area contributed by atoms with Gasteiger partial charge >= 0.3 is 6.03 Å². The summed E-state index contributed by atoms with van der Waals surface area (Å²) in [4.78, 5) is 22.5. The van der Waals surface area contributed by atoms with Gasteiger partial charge in [0.2, 0.25) is 5.91 Å². The quantitative estimate of drug-likeness (QED) is 0.659. The number of hydrogen-bond donors (Lipinski definition) is 3. The molecule has 16 heavy (non-hydrogen) atoms. The van der Waals surface area contributed by atoms with Gasteiger partial charge in [0.15, 0.2) is 0 Å². The third-order valence-corrected chi connectivity index (χ3v) is 3.23. The molecule has 3 amide bonds. The Morgan fingerprint density at radius 3 is 2.31 bits per heavy atom. The van der Waals surface area contributed by atoms with E-state index in [-0.39, 0.29) is 11.9 Å². The van der Waals surface area contributed by atoms with Crippen LogP contribution >= 0.6 is 0 Å². The molecule has 0 aliphatic heterocycles. The molecular weight excluding hydrogens is 206 g/mol. The van der Waals surface area contributed by atoms with Crippen molar-refractivity contribution < 1.29 is 9.59 Å². The average Bonchev–Trinajstić information content (AvgIpc) is 2.14. The van der Waals surface area contributed by atoms with Crippen LogP contribution in [0.1, 0.15) is 33.1 Å². The van der Waals surface area contributed by atoms with Crippen LogP contribution in [0.3, 0.4) is 0 Å². The summed E-state index contributed by atoms with van der Waals surface area (Å²) in [5.41, 5.74) is 0. The second kappa shape index (κ2) is 5.84. The van der Waals surface area contributed by atoms with Crippen molar-refractivity contribution >= 4 is 11.9 Å². The summed E-state index contributed by atoms with van der Waals surface area (Å²) in [6.45, 7) is 3.86. The molecule has 2 atom stereocenters. The summed E-state index contributed by atoms with van der Waals surface area (Å²) in [7, 11) is 1.48. The summed E-state index contributed by atoms with van der Waals surface area (Å²) in [5.74, 6) is 0.390. The van der Waals surface area contributed by atoms with E-state index in [1.54, 1.807) is 6.92 Å². The molecule has 1 aliphatic rings. The zero-order chi connectivity index (χ0) is 12.1. The molecule has 1 saturated carbocycles. The number of hydrogen-bond acceptors (Lipinski definition) is 3. The standard InChI is InChI=1S/C11H21N3O2/c1-7(9-5-4-6-9)13-8(2)10(15)14-11(16)12-3/h7-9,13H,4-6H2,1-3H3,(H2,12,14,15,16). The van der Waals surface area contributed by atoms with Crippen LogP contribution in [0.4, 0.5) is 4.79 Å². The highest BCUT2D eigenvalue weighted by molar-refractivity contribution is 5.96. The second-order valence-corrected chi connectivity index (χ2v) is 4.44. The monoisotopic (exact) mass is 227 g/mol. The maximum atomic E-state index is 11.5. The number of nitrogens with one attached hydrogen (secondary N) is 3. The lowest BCUT2D eigenvalue weighted by molar-refractivity contribution is -0.122. The molecule has 1 rings (SSSR count). The minimum absolute atomic E-state index is 0.287. The highest BCUT2D eigenvalue weighted by Gasteiger charge is 2.26. The Bertz CT molecular complexity index is 264. The van der Waals surface area contributed by atoms with E-state index >= 15 is 0 Å². The van der Waals surface area contributed by atoms with Gasteiger partial charge in [-0.15, -0.1) is 0 Å². The van der Waals surface area contributed by atoms with Crippen molar-refractivity contribution in [2.75, 3.05) is 7.05 Å². The Hall–Kier alpha value is -1.10. The van der Waals surface area contributed by atoms with E-state index in [4.69, 9.17) is 0 Å². The first kappa shape index (κ1) is 13.0. The van der Waals surface area contributed by atoms with Crippen molar-refractivity contribution in [3.05, 3.63) is 0 Å². The van der Waals surface area contributed by atoms with E-state index in [1.165, 1.54) is 26.3 Å². The number of amides is 3. The summed E-state index contributed by atoms with van der Waals surface area (Å²) in [5, 5.41) is 7.83. The van der Waals surface area contributed by atoms with Gasteiger partial charge in [-0.3, -0.25) is 10.1 Å². The van der Waals surface area contributed by atoms with Gasteiger partial charge in [0.1, 0.15) is 0 Å². The van der Waals surface area contributed by atoms with Crippen molar-refractivity contribution in [1.82, 2.24) is 16.0 Å². The van der Waals surface area contributed by atoms with Gasteiger partial charge in [0.25, 0.3) is 0 Å². The number of rotatable bonds is 4. The molecule has 0 saturated heterocycles. The predicted octanol–water partition coefficient (Wildman–Crippen LogP) is 0.609. The highest BCUT2D eigenvalue weighted by atomic mass is 16.2. The minimum atomic E-state index is -0.463. The largest absolute Gasteiger partial charge is 0.341 e. The SMILES string of the molecule is CNC(=O)NC(=O)C(C)NC(C)C1CCC1. The Morgan fingerprint density at radius 1 is 1.25 bits per heavy atom. The van der Waals surface area contributed by atoms with Crippen LogP contribution in [0, 0.1) is 5.92 Å². The summed E-state index contributed by atoms with van der Waals surface area (Å²) >= 11 is 0. The fraction of sp³-hybridized carbons (Fsp3) is 0.818. The zero-order valence-corrected chi connectivity index (χ0v) is 10.2. The second-order valence-electron chi connectivity index (χ2n) is 4.44. The molecule has 0 aromatic carbocycles. The van der Waals surface area contributed by atoms with Gasteiger partial charge in [-0.25, -0.2) is 4.79 Å². The Labute approximate surface area is 96.4 Å². The molecule has 5 nitrogen and oxygen atoms in total. The fourth-order valence-electron chi connectivity index (χ4n) is 1.83. The van der Waals surface area contributed by atoms with E-state index in [0.29, 0.717) is 12.0 Å². The van der Waals surface area contributed by atoms with Gasteiger partial charge in [0.05, 0.1) is 6.04 Å². The van der Waals surface area contributed by atoms with Crippen molar-refractivity contribution in [3.8, 4) is 0 Å². The zero-order valence-electron chi connectivity index (χ0n) is 10.2. The van der Waals surface area contributed by atoms with Crippen molar-refractivity contribution in [3.63, 3.8) is 0 Å². The Kier molecular flexibility index (Phi) is 4.73. The molecule has 0 aromatic heterocycles. The third-order valence-electron chi connectivity index (χ3n) is 3.23. The Balaban J connectivity index is 2.29. The first-order valence-electron chi connectivity index (χ1n) is 5.83. The van der Waals surface area contributed by atoms with Gasteiger partial charge in [-0.2, -0.15) is 0 Å². The molecule has 3 N–H and O–H groups in total. The first-order valence-corrected chi connectivity index (χ1v) is 5.83. The van der Waals surface area contributed by atoms with Crippen LogP contribution in [-0.2, 0) is 4.79 Å². The number of carbonyl (C=O) groups is 2. The fourth-order valence-corrected chi connectivity index (χ4v) is 1.83. The summed E-state index contributed by atoms with van der Waals surface area (Å²) in [6, 6.07) is -0.470. The maximum Gasteiger partial charge on any atom is 0.321 e. The first-order chi connectivity index (χ1) is 7.54. The molecule has 0 aromatic rings. The predicted molar refractivity (Wildman–Crippen MR) is 62.0 cm³/mol. The number of imide groups is 1. The van der Waals surface area contributed by atoms with Gasteiger partial charge in [0, 0.05) is 13.1 Å². The van der Waals surface area contributed by atoms with Crippen LogP contribution in [0.15, 0.2) is 0 Å². The van der Waals surface area contributed by atoms with Crippen molar-refractivity contribution in [2.45, 2.75) is 45.2 Å². The number of urea groups is 1. The smallest absolute Gasteiger partial charge is 0.321 e. The molecule has 1 fully saturated rings. The molecule has 0 spiro atoms. The lowest BCUT2D eigenvalue weighted by Crippen LogP contribution is -2.51. The molecular formula is C11H21N3O2. The topological polar surface area (TPSA) is 70.2 Å². The van der Waals surface area contributed by atoms with Gasteiger partial charge < -0.3 is 10.6 Å². The molecule has 0 radical (unpaired) electrons. The van der Waals surface area contributed by atoms with Crippen LogP contribution in [0.2, 0.25) is 0 Å². The lowest BCUT2D eigenvalue weighted by atomic mass is 9.80. The normalized spacial score (nSPS) is 19.4. The molecule has 0 heterocycles. The average molecular weight is 227 g/mol. The summed E-state index contributed by atoms with van der Waals surface area (Å²) in [6.07, 6.45) is 3.76. The maximum absolute atomic E-state index is 11.5. The van der Waals surface area contributed by atoms with E-state index in [2.05, 4.69) is 22.9 Å². The van der Waals surface area contributed by atoms with E-state index in [1.807, 2.05) is 0 Å².